The topological polar surface area (TPSA) is 104 Å². The molecule has 2 N–H and O–H groups in total. The lowest BCUT2D eigenvalue weighted by atomic mass is 10.1. The van der Waals surface area contributed by atoms with Crippen LogP contribution >= 0.6 is 11.6 Å². The summed E-state index contributed by atoms with van der Waals surface area (Å²) in [6.45, 7) is 0.0145. The van der Waals surface area contributed by atoms with Crippen molar-refractivity contribution >= 4 is 33.5 Å². The molecule has 30 heavy (non-hydrogen) atoms. The fourth-order valence-electron chi connectivity index (χ4n) is 3.28. The van der Waals surface area contributed by atoms with Gasteiger partial charge in [0.15, 0.2) is 0 Å². The molecule has 1 saturated heterocycles. The molecule has 1 unspecified atom stereocenters. The number of halogens is 2. The van der Waals surface area contributed by atoms with Gasteiger partial charge in [-0.1, -0.05) is 17.7 Å². The van der Waals surface area contributed by atoms with E-state index in [0.29, 0.717) is 24.4 Å². The van der Waals surface area contributed by atoms with Gasteiger partial charge in [0, 0.05) is 23.7 Å². The molecule has 1 aliphatic heterocycles. The van der Waals surface area contributed by atoms with E-state index in [2.05, 4.69) is 5.32 Å². The maximum absolute atomic E-state index is 14.6. The number of carboxylic acid groups (broad SMARTS) is 1. The van der Waals surface area contributed by atoms with Crippen LogP contribution in [0.3, 0.4) is 0 Å². The van der Waals surface area contributed by atoms with Crippen LogP contribution < -0.4 is 5.32 Å². The third-order valence-corrected chi connectivity index (χ3v) is 7.02. The van der Waals surface area contributed by atoms with Gasteiger partial charge < -0.3 is 10.4 Å². The number of carbonyl (C=O) groups is 2. The van der Waals surface area contributed by atoms with E-state index in [-0.39, 0.29) is 22.4 Å². The van der Waals surface area contributed by atoms with Gasteiger partial charge >= 0.3 is 5.97 Å². The zero-order chi connectivity index (χ0) is 21.9. The molecule has 0 saturated carbocycles. The number of rotatable bonds is 6. The maximum atomic E-state index is 14.6. The van der Waals surface area contributed by atoms with Crippen molar-refractivity contribution < 1.29 is 27.5 Å². The van der Waals surface area contributed by atoms with Gasteiger partial charge in [-0.15, -0.1) is 0 Å². The Kier molecular flexibility index (Phi) is 6.74. The summed E-state index contributed by atoms with van der Waals surface area (Å²) in [5, 5.41) is 12.1. The predicted octanol–water partition coefficient (Wildman–Crippen LogP) is 3.04. The minimum absolute atomic E-state index is 0.0328. The Hall–Kier alpha value is -2.49. The number of aromatic carboxylic acids is 1. The van der Waals surface area contributed by atoms with Gasteiger partial charge in [0.05, 0.1) is 10.5 Å². The van der Waals surface area contributed by atoms with Crippen molar-refractivity contribution in [3.05, 3.63) is 64.4 Å². The summed E-state index contributed by atoms with van der Waals surface area (Å²) in [7, 11) is -4.18. The van der Waals surface area contributed by atoms with Crippen molar-refractivity contribution in [1.82, 2.24) is 9.62 Å². The normalized spacial score (nSPS) is 17.4. The standard InChI is InChI=1S/C20H20ClFN2O5S/c21-15-6-8-16(9-7-15)30(28,29)24(18-3-1-2-10-23-19(18)25)12-14-5-4-13(20(26)27)11-17(14)22/h4-9,11,18H,1-3,10,12H2,(H,23,25)(H,26,27). The summed E-state index contributed by atoms with van der Waals surface area (Å²) in [4.78, 5) is 23.6. The summed E-state index contributed by atoms with van der Waals surface area (Å²) in [6.07, 6.45) is 1.61. The Morgan fingerprint density at radius 1 is 1.20 bits per heavy atom. The Morgan fingerprint density at radius 2 is 1.90 bits per heavy atom. The fourth-order valence-corrected chi connectivity index (χ4v) is 5.00. The quantitative estimate of drug-likeness (QED) is 0.698. The minimum atomic E-state index is -4.18. The Morgan fingerprint density at radius 3 is 2.53 bits per heavy atom. The highest BCUT2D eigenvalue weighted by Crippen LogP contribution is 2.27. The number of hydrogen-bond donors (Lipinski definition) is 2. The Labute approximate surface area is 178 Å². The number of amides is 1. The van der Waals surface area contributed by atoms with E-state index in [1.807, 2.05) is 0 Å². The zero-order valence-electron chi connectivity index (χ0n) is 15.8. The van der Waals surface area contributed by atoms with Crippen molar-refractivity contribution in [2.45, 2.75) is 36.7 Å². The molecule has 1 heterocycles. The van der Waals surface area contributed by atoms with E-state index in [0.717, 1.165) is 10.4 Å². The van der Waals surface area contributed by atoms with Gasteiger partial charge in [0.25, 0.3) is 0 Å². The molecule has 0 radical (unpaired) electrons. The molecule has 1 fully saturated rings. The molecular weight excluding hydrogens is 435 g/mol. The summed E-state index contributed by atoms with van der Waals surface area (Å²) in [6, 6.07) is 7.71. The predicted molar refractivity (Wildman–Crippen MR) is 108 cm³/mol. The van der Waals surface area contributed by atoms with Crippen LogP contribution in [-0.2, 0) is 21.4 Å². The van der Waals surface area contributed by atoms with E-state index in [9.17, 15) is 22.4 Å². The van der Waals surface area contributed by atoms with E-state index in [1.54, 1.807) is 0 Å². The maximum Gasteiger partial charge on any atom is 0.335 e. The zero-order valence-corrected chi connectivity index (χ0v) is 17.4. The van der Waals surface area contributed by atoms with Crippen LogP contribution in [0.2, 0.25) is 5.02 Å². The minimum Gasteiger partial charge on any atom is -0.478 e. The summed E-state index contributed by atoms with van der Waals surface area (Å²) < 4.78 is 42.3. The highest BCUT2D eigenvalue weighted by atomic mass is 35.5. The highest BCUT2D eigenvalue weighted by molar-refractivity contribution is 7.89. The van der Waals surface area contributed by atoms with E-state index in [1.165, 1.54) is 36.4 Å². The first-order chi connectivity index (χ1) is 14.2. The van der Waals surface area contributed by atoms with Gasteiger partial charge in [-0.3, -0.25) is 4.79 Å². The van der Waals surface area contributed by atoms with Gasteiger partial charge in [0.2, 0.25) is 15.9 Å². The first-order valence-electron chi connectivity index (χ1n) is 9.27. The molecule has 2 aromatic carbocycles. The molecule has 1 amide bonds. The number of carboxylic acids is 1. The summed E-state index contributed by atoms with van der Waals surface area (Å²) >= 11 is 5.86. The number of sulfonamides is 1. The van der Waals surface area contributed by atoms with Crippen LogP contribution in [0.5, 0.6) is 0 Å². The average molecular weight is 455 g/mol. The van der Waals surface area contributed by atoms with E-state index < -0.39 is 40.3 Å². The molecule has 0 spiro atoms. The molecule has 1 aliphatic rings. The monoisotopic (exact) mass is 454 g/mol. The Bertz CT molecular complexity index is 1060. The molecular formula is C20H20ClFN2O5S. The molecule has 7 nitrogen and oxygen atoms in total. The van der Waals surface area contributed by atoms with Crippen molar-refractivity contribution in [2.75, 3.05) is 6.54 Å². The summed E-state index contributed by atoms with van der Waals surface area (Å²) in [5.41, 5.74) is -0.287. The number of nitrogens with one attached hydrogen (secondary N) is 1. The second-order valence-corrected chi connectivity index (χ2v) is 9.25. The molecule has 3 rings (SSSR count). The fraction of sp³-hybridized carbons (Fsp3) is 0.300. The third-order valence-electron chi connectivity index (χ3n) is 4.90. The second-order valence-electron chi connectivity index (χ2n) is 6.92. The lowest BCUT2D eigenvalue weighted by Crippen LogP contribution is -2.48. The number of nitrogens with zero attached hydrogens (tertiary/aromatic N) is 1. The van der Waals surface area contributed by atoms with Crippen LogP contribution in [-0.4, -0.2) is 42.3 Å². The van der Waals surface area contributed by atoms with Crippen molar-refractivity contribution in [2.24, 2.45) is 0 Å². The van der Waals surface area contributed by atoms with Gasteiger partial charge in [-0.25, -0.2) is 17.6 Å². The van der Waals surface area contributed by atoms with E-state index >= 15 is 0 Å². The number of benzene rings is 2. The molecule has 0 bridgehead atoms. The first kappa shape index (κ1) is 22.2. The molecule has 1 atom stereocenters. The van der Waals surface area contributed by atoms with Crippen molar-refractivity contribution in [3.63, 3.8) is 0 Å². The van der Waals surface area contributed by atoms with Crippen molar-refractivity contribution in [3.8, 4) is 0 Å². The first-order valence-corrected chi connectivity index (χ1v) is 11.1. The molecule has 10 heteroatoms. The largest absolute Gasteiger partial charge is 0.478 e. The lowest BCUT2D eigenvalue weighted by Gasteiger charge is -2.29. The highest BCUT2D eigenvalue weighted by Gasteiger charge is 2.37. The average Bonchev–Trinajstić information content (AvgIpc) is 2.91. The summed E-state index contributed by atoms with van der Waals surface area (Å²) in [5.74, 6) is -2.61. The SMILES string of the molecule is O=C(O)c1ccc(CN(C2CCCCNC2=O)S(=O)(=O)c2ccc(Cl)cc2)c(F)c1. The number of hydrogen-bond acceptors (Lipinski definition) is 4. The molecule has 0 aliphatic carbocycles. The van der Waals surface area contributed by atoms with Gasteiger partial charge in [-0.05, 0) is 55.7 Å². The molecule has 160 valence electrons. The Balaban J connectivity index is 2.04. The molecule has 0 aromatic heterocycles. The molecule has 2 aromatic rings. The van der Waals surface area contributed by atoms with E-state index in [4.69, 9.17) is 16.7 Å². The second kappa shape index (κ2) is 9.11. The van der Waals surface area contributed by atoms with Crippen LogP contribution in [0.4, 0.5) is 4.39 Å². The van der Waals surface area contributed by atoms with Crippen LogP contribution in [0.25, 0.3) is 0 Å². The van der Waals surface area contributed by atoms with Gasteiger partial charge in [0.1, 0.15) is 11.9 Å². The van der Waals surface area contributed by atoms with Crippen LogP contribution in [0, 0.1) is 5.82 Å². The van der Waals surface area contributed by atoms with Crippen LogP contribution in [0.1, 0.15) is 35.2 Å². The van der Waals surface area contributed by atoms with Crippen LogP contribution in [0.15, 0.2) is 47.4 Å². The third kappa shape index (κ3) is 4.80. The number of carbonyl (C=O) groups excluding carboxylic acids is 1. The van der Waals surface area contributed by atoms with Crippen molar-refractivity contribution in [1.29, 1.82) is 0 Å². The lowest BCUT2D eigenvalue weighted by molar-refractivity contribution is -0.124. The smallest absolute Gasteiger partial charge is 0.335 e. The van der Waals surface area contributed by atoms with Gasteiger partial charge in [-0.2, -0.15) is 4.31 Å².